The van der Waals surface area contributed by atoms with Gasteiger partial charge in [-0.25, -0.2) is 4.79 Å². The molecule has 0 saturated heterocycles. The Morgan fingerprint density at radius 1 is 1.16 bits per heavy atom. The molecule has 1 saturated carbocycles. The summed E-state index contributed by atoms with van der Waals surface area (Å²) in [7, 11) is 0. The summed E-state index contributed by atoms with van der Waals surface area (Å²) in [6, 6.07) is 4.13. The maximum absolute atomic E-state index is 12.4. The standard InChI is InChI=1S/C17H19N3O5/c21-14(22)2-1-7-18-17(25)19-11-5-6-12-13(8-11)16(24)20(15(12)23)9-10-3-4-10/h5-6,8,10H,1-4,7,9H2,(H,21,22)(H2,18,19,25). The first-order valence-electron chi connectivity index (χ1n) is 8.22. The third-order valence-corrected chi connectivity index (χ3v) is 4.22. The lowest BCUT2D eigenvalue weighted by atomic mass is 10.1. The average Bonchev–Trinajstić information content (AvgIpc) is 3.35. The number of nitrogens with zero attached hydrogens (tertiary/aromatic N) is 1. The first-order chi connectivity index (χ1) is 12.0. The average molecular weight is 345 g/mol. The molecule has 0 aromatic heterocycles. The van der Waals surface area contributed by atoms with Crippen molar-refractivity contribution in [2.45, 2.75) is 25.7 Å². The molecule has 0 bridgehead atoms. The molecule has 8 nitrogen and oxygen atoms in total. The van der Waals surface area contributed by atoms with Gasteiger partial charge >= 0.3 is 12.0 Å². The number of aliphatic carboxylic acids is 1. The Hall–Kier alpha value is -2.90. The van der Waals surface area contributed by atoms with Gasteiger partial charge in [-0.15, -0.1) is 0 Å². The minimum Gasteiger partial charge on any atom is -0.481 e. The van der Waals surface area contributed by atoms with Gasteiger partial charge in [0, 0.05) is 25.2 Å². The van der Waals surface area contributed by atoms with Crippen LogP contribution in [0.15, 0.2) is 18.2 Å². The summed E-state index contributed by atoms with van der Waals surface area (Å²) in [6.45, 7) is 0.689. The summed E-state index contributed by atoms with van der Waals surface area (Å²) in [5.74, 6) is -1.11. The number of carboxylic acid groups (broad SMARTS) is 1. The van der Waals surface area contributed by atoms with Crippen LogP contribution in [0.4, 0.5) is 10.5 Å². The zero-order valence-electron chi connectivity index (χ0n) is 13.6. The molecule has 1 aliphatic heterocycles. The summed E-state index contributed by atoms with van der Waals surface area (Å²) in [5.41, 5.74) is 1.07. The van der Waals surface area contributed by atoms with E-state index in [0.717, 1.165) is 12.8 Å². The van der Waals surface area contributed by atoms with Crippen LogP contribution in [0, 0.1) is 5.92 Å². The second-order valence-electron chi connectivity index (χ2n) is 6.30. The molecule has 8 heteroatoms. The number of hydrogen-bond donors (Lipinski definition) is 3. The normalized spacial score (nSPS) is 15.9. The predicted molar refractivity (Wildman–Crippen MR) is 88.4 cm³/mol. The largest absolute Gasteiger partial charge is 0.481 e. The lowest BCUT2D eigenvalue weighted by molar-refractivity contribution is -0.137. The van der Waals surface area contributed by atoms with Gasteiger partial charge in [-0.1, -0.05) is 0 Å². The van der Waals surface area contributed by atoms with Crippen LogP contribution in [-0.2, 0) is 4.79 Å². The molecule has 2 aliphatic rings. The Balaban J connectivity index is 1.59. The predicted octanol–water partition coefficient (Wildman–Crippen LogP) is 1.68. The maximum Gasteiger partial charge on any atom is 0.319 e. The molecule has 1 aliphatic carbocycles. The van der Waals surface area contributed by atoms with Crippen LogP contribution < -0.4 is 10.6 Å². The third kappa shape index (κ3) is 3.96. The topological polar surface area (TPSA) is 116 Å². The molecule has 0 unspecified atom stereocenters. The number of urea groups is 1. The fourth-order valence-corrected chi connectivity index (χ4v) is 2.71. The van der Waals surface area contributed by atoms with Gasteiger partial charge in [0.2, 0.25) is 0 Å². The van der Waals surface area contributed by atoms with Crippen molar-refractivity contribution in [3.8, 4) is 0 Å². The van der Waals surface area contributed by atoms with Crippen LogP contribution in [0.2, 0.25) is 0 Å². The van der Waals surface area contributed by atoms with Crippen LogP contribution in [-0.4, -0.2) is 46.9 Å². The maximum atomic E-state index is 12.4. The Bertz CT molecular complexity index is 742. The van der Waals surface area contributed by atoms with E-state index in [-0.39, 0.29) is 24.8 Å². The molecule has 1 aromatic carbocycles. The number of fused-ring (bicyclic) bond motifs is 1. The number of carboxylic acids is 1. The zero-order chi connectivity index (χ0) is 18.0. The summed E-state index contributed by atoms with van der Waals surface area (Å²) in [5, 5.41) is 13.7. The van der Waals surface area contributed by atoms with Gasteiger partial charge in [0.25, 0.3) is 11.8 Å². The summed E-state index contributed by atoms with van der Waals surface area (Å²) in [6.07, 6.45) is 2.40. The fraction of sp³-hybridized carbons (Fsp3) is 0.412. The fourth-order valence-electron chi connectivity index (χ4n) is 2.71. The summed E-state index contributed by atoms with van der Waals surface area (Å²) >= 11 is 0. The summed E-state index contributed by atoms with van der Waals surface area (Å²) in [4.78, 5) is 48.2. The number of hydrogen-bond acceptors (Lipinski definition) is 4. The van der Waals surface area contributed by atoms with Gasteiger partial charge in [0.05, 0.1) is 11.1 Å². The highest BCUT2D eigenvalue weighted by atomic mass is 16.4. The van der Waals surface area contributed by atoms with Crippen molar-refractivity contribution in [1.82, 2.24) is 10.2 Å². The van der Waals surface area contributed by atoms with E-state index in [4.69, 9.17) is 5.11 Å². The number of benzene rings is 1. The zero-order valence-corrected chi connectivity index (χ0v) is 13.6. The number of imide groups is 1. The second-order valence-corrected chi connectivity index (χ2v) is 6.30. The van der Waals surface area contributed by atoms with Crippen LogP contribution in [0.1, 0.15) is 46.4 Å². The van der Waals surface area contributed by atoms with Gasteiger partial charge in [0.1, 0.15) is 0 Å². The molecule has 3 N–H and O–H groups in total. The van der Waals surface area contributed by atoms with E-state index in [0.29, 0.717) is 35.7 Å². The lowest BCUT2D eigenvalue weighted by Crippen LogP contribution is -2.31. The minimum atomic E-state index is -0.917. The highest BCUT2D eigenvalue weighted by molar-refractivity contribution is 6.21. The van der Waals surface area contributed by atoms with E-state index in [2.05, 4.69) is 10.6 Å². The highest BCUT2D eigenvalue weighted by Gasteiger charge is 2.38. The van der Waals surface area contributed by atoms with E-state index in [9.17, 15) is 19.2 Å². The molecule has 1 fully saturated rings. The van der Waals surface area contributed by atoms with E-state index in [1.165, 1.54) is 11.0 Å². The molecule has 0 spiro atoms. The van der Waals surface area contributed by atoms with Crippen molar-refractivity contribution in [2.75, 3.05) is 18.4 Å². The number of amides is 4. The minimum absolute atomic E-state index is 0.0213. The number of carbonyl (C=O) groups is 4. The van der Waals surface area contributed by atoms with Gasteiger partial charge in [-0.05, 0) is 43.4 Å². The van der Waals surface area contributed by atoms with Crippen LogP contribution in [0.3, 0.4) is 0 Å². The molecule has 0 radical (unpaired) electrons. The molecule has 1 aromatic rings. The Morgan fingerprint density at radius 2 is 1.88 bits per heavy atom. The van der Waals surface area contributed by atoms with Crippen LogP contribution in [0.5, 0.6) is 0 Å². The third-order valence-electron chi connectivity index (χ3n) is 4.22. The van der Waals surface area contributed by atoms with Gasteiger partial charge in [-0.3, -0.25) is 19.3 Å². The summed E-state index contributed by atoms with van der Waals surface area (Å²) < 4.78 is 0. The van der Waals surface area contributed by atoms with E-state index >= 15 is 0 Å². The second kappa shape index (κ2) is 6.92. The monoisotopic (exact) mass is 345 g/mol. The molecule has 1 heterocycles. The van der Waals surface area contributed by atoms with Crippen LogP contribution in [0.25, 0.3) is 0 Å². The first-order valence-corrected chi connectivity index (χ1v) is 8.22. The molecular weight excluding hydrogens is 326 g/mol. The Morgan fingerprint density at radius 3 is 2.56 bits per heavy atom. The van der Waals surface area contributed by atoms with Crippen molar-refractivity contribution >= 4 is 29.5 Å². The number of carbonyl (C=O) groups excluding carboxylic acids is 3. The quantitative estimate of drug-likeness (QED) is 0.513. The molecule has 132 valence electrons. The first kappa shape index (κ1) is 16.9. The molecular formula is C17H19N3O5. The lowest BCUT2D eigenvalue weighted by Gasteiger charge is -2.12. The molecule has 25 heavy (non-hydrogen) atoms. The van der Waals surface area contributed by atoms with Crippen molar-refractivity contribution in [1.29, 1.82) is 0 Å². The van der Waals surface area contributed by atoms with Gasteiger partial charge in [0.15, 0.2) is 0 Å². The highest BCUT2D eigenvalue weighted by Crippen LogP contribution is 2.33. The van der Waals surface area contributed by atoms with E-state index < -0.39 is 12.0 Å². The van der Waals surface area contributed by atoms with Crippen molar-refractivity contribution in [3.05, 3.63) is 29.3 Å². The van der Waals surface area contributed by atoms with Crippen molar-refractivity contribution in [3.63, 3.8) is 0 Å². The molecule has 4 amide bonds. The smallest absolute Gasteiger partial charge is 0.319 e. The SMILES string of the molecule is O=C(O)CCCNC(=O)Nc1ccc2c(c1)C(=O)N(CC1CC1)C2=O. The van der Waals surface area contributed by atoms with Crippen LogP contribution >= 0.6 is 0 Å². The van der Waals surface area contributed by atoms with Crippen molar-refractivity contribution < 1.29 is 24.3 Å². The Labute approximate surface area is 144 Å². The Kier molecular flexibility index (Phi) is 4.69. The molecule has 3 rings (SSSR count). The van der Waals surface area contributed by atoms with E-state index in [1.807, 2.05) is 0 Å². The number of rotatable bonds is 7. The van der Waals surface area contributed by atoms with E-state index in [1.54, 1.807) is 12.1 Å². The molecule has 0 atom stereocenters. The van der Waals surface area contributed by atoms with Gasteiger partial charge < -0.3 is 15.7 Å². The van der Waals surface area contributed by atoms with Gasteiger partial charge in [-0.2, -0.15) is 0 Å². The number of anilines is 1. The number of nitrogens with one attached hydrogen (secondary N) is 2. The van der Waals surface area contributed by atoms with Crippen molar-refractivity contribution in [2.24, 2.45) is 5.92 Å².